The lowest BCUT2D eigenvalue weighted by Crippen LogP contribution is -2.44. The van der Waals surface area contributed by atoms with E-state index in [1.54, 1.807) is 64.6 Å². The number of rotatable bonds is 2. The number of pyridine rings is 1. The third kappa shape index (κ3) is 5.12. The molecule has 0 aliphatic carbocycles. The second kappa shape index (κ2) is 8.60. The van der Waals surface area contributed by atoms with Crippen molar-refractivity contribution in [1.29, 1.82) is 0 Å². The molecule has 0 aliphatic rings. The van der Waals surface area contributed by atoms with Gasteiger partial charge >= 0.3 is 12.2 Å². The van der Waals surface area contributed by atoms with Crippen LogP contribution in [0.2, 0.25) is 0 Å². The van der Waals surface area contributed by atoms with Crippen molar-refractivity contribution in [2.24, 2.45) is 7.05 Å². The van der Waals surface area contributed by atoms with Crippen molar-refractivity contribution in [3.8, 4) is 10.4 Å². The fourth-order valence-corrected chi connectivity index (χ4v) is 4.65. The molecule has 0 unspecified atom stereocenters. The summed E-state index contributed by atoms with van der Waals surface area (Å²) in [6.07, 6.45) is -0.267. The first kappa shape index (κ1) is 24.6. The topological polar surface area (TPSA) is 86.6 Å². The SMILES string of the molecule is Cn1cnc2c(N(C(=O)OC(C)(C)C)C(=O)OC(C)(C)C)nc3cc(-c4cccc(F)c4)sc3c21. The predicted octanol–water partition coefficient (Wildman–Crippen LogP) is 6.67. The summed E-state index contributed by atoms with van der Waals surface area (Å²) in [7, 11) is 1.81. The fourth-order valence-electron chi connectivity index (χ4n) is 3.47. The van der Waals surface area contributed by atoms with E-state index >= 15 is 0 Å². The molecule has 4 rings (SSSR count). The highest BCUT2D eigenvalue weighted by Crippen LogP contribution is 2.40. The van der Waals surface area contributed by atoms with Crippen molar-refractivity contribution >= 4 is 50.6 Å². The molecule has 3 heterocycles. The molecule has 2 amide bonds. The van der Waals surface area contributed by atoms with Crippen molar-refractivity contribution < 1.29 is 23.5 Å². The average molecular weight is 499 g/mol. The van der Waals surface area contributed by atoms with Crippen LogP contribution in [0.15, 0.2) is 36.7 Å². The number of thiophene rings is 1. The molecule has 184 valence electrons. The molecule has 4 aromatic rings. The molecule has 3 aromatic heterocycles. The summed E-state index contributed by atoms with van der Waals surface area (Å²) in [5, 5.41) is 0. The van der Waals surface area contributed by atoms with Crippen molar-refractivity contribution in [3.05, 3.63) is 42.5 Å². The van der Waals surface area contributed by atoms with Gasteiger partial charge in [0.25, 0.3) is 0 Å². The summed E-state index contributed by atoms with van der Waals surface area (Å²) in [5.74, 6) is -0.347. The normalized spacial score (nSPS) is 12.2. The molecule has 0 radical (unpaired) electrons. The molecule has 0 N–H and O–H groups in total. The first-order chi connectivity index (χ1) is 16.2. The second-order valence-electron chi connectivity index (χ2n) is 10.1. The number of anilines is 1. The molecule has 0 bridgehead atoms. The van der Waals surface area contributed by atoms with E-state index in [-0.39, 0.29) is 11.6 Å². The van der Waals surface area contributed by atoms with Crippen LogP contribution in [0.4, 0.5) is 19.8 Å². The number of carbonyl (C=O) groups is 2. The first-order valence-electron chi connectivity index (χ1n) is 11.0. The van der Waals surface area contributed by atoms with E-state index in [0.717, 1.165) is 14.5 Å². The Bertz CT molecular complexity index is 1420. The summed E-state index contributed by atoms with van der Waals surface area (Å²) < 4.78 is 27.5. The van der Waals surface area contributed by atoms with Gasteiger partial charge in [0.15, 0.2) is 5.82 Å². The molecule has 8 nitrogen and oxygen atoms in total. The summed E-state index contributed by atoms with van der Waals surface area (Å²) in [6.45, 7) is 10.2. The zero-order valence-corrected chi connectivity index (χ0v) is 21.5. The van der Waals surface area contributed by atoms with Gasteiger partial charge in [-0.1, -0.05) is 12.1 Å². The number of aromatic nitrogens is 3. The number of ether oxygens (including phenoxy) is 2. The van der Waals surface area contributed by atoms with Gasteiger partial charge in [0, 0.05) is 11.9 Å². The minimum absolute atomic E-state index is 0.000178. The molecule has 0 saturated heterocycles. The maximum Gasteiger partial charge on any atom is 0.425 e. The smallest absolute Gasteiger partial charge is 0.425 e. The van der Waals surface area contributed by atoms with Gasteiger partial charge in [0.05, 0.1) is 22.1 Å². The van der Waals surface area contributed by atoms with Crippen LogP contribution in [0.5, 0.6) is 0 Å². The minimum atomic E-state index is -0.925. The maximum absolute atomic E-state index is 13.9. The number of amides is 2. The van der Waals surface area contributed by atoms with E-state index in [1.807, 2.05) is 13.1 Å². The zero-order chi connectivity index (χ0) is 25.7. The van der Waals surface area contributed by atoms with Crippen molar-refractivity contribution in [1.82, 2.24) is 14.5 Å². The van der Waals surface area contributed by atoms with E-state index < -0.39 is 23.4 Å². The molecular formula is C25H27FN4O4S. The highest BCUT2D eigenvalue weighted by Gasteiger charge is 2.36. The van der Waals surface area contributed by atoms with Crippen LogP contribution in [0.25, 0.3) is 31.7 Å². The lowest BCUT2D eigenvalue weighted by atomic mass is 10.2. The molecular weight excluding hydrogens is 471 g/mol. The van der Waals surface area contributed by atoms with Gasteiger partial charge in [-0.3, -0.25) is 0 Å². The van der Waals surface area contributed by atoms with Crippen LogP contribution in [0, 0.1) is 5.82 Å². The number of nitrogens with zero attached hydrogens (tertiary/aromatic N) is 4. The molecule has 0 atom stereocenters. The molecule has 1 aromatic carbocycles. The van der Waals surface area contributed by atoms with Gasteiger partial charge in [-0.2, -0.15) is 4.90 Å². The molecule has 0 spiro atoms. The number of hydrogen-bond acceptors (Lipinski definition) is 7. The van der Waals surface area contributed by atoms with Gasteiger partial charge in [-0.15, -0.1) is 11.3 Å². The maximum atomic E-state index is 13.9. The predicted molar refractivity (Wildman–Crippen MR) is 134 cm³/mol. The van der Waals surface area contributed by atoms with E-state index in [0.29, 0.717) is 22.1 Å². The number of halogens is 1. The van der Waals surface area contributed by atoms with Gasteiger partial charge < -0.3 is 14.0 Å². The molecule has 0 saturated carbocycles. The Hall–Kier alpha value is -3.53. The summed E-state index contributed by atoms with van der Waals surface area (Å²) >= 11 is 1.42. The number of hydrogen-bond donors (Lipinski definition) is 0. The quantitative estimate of drug-likeness (QED) is 0.307. The number of fused-ring (bicyclic) bond motifs is 3. The Labute approximate surface area is 206 Å². The standard InChI is InChI=1S/C25H27FN4O4S/c1-24(2,3)33-22(31)30(23(32)34-25(4,5)6)21-18-19(29(7)13-27-18)20-16(28-21)12-17(35-20)14-9-8-10-15(26)11-14/h8-13H,1-7H3. The number of carbonyl (C=O) groups excluding carboxylic acids is 2. The Morgan fingerprint density at radius 1 is 1.03 bits per heavy atom. The van der Waals surface area contributed by atoms with Crippen LogP contribution >= 0.6 is 11.3 Å². The third-order valence-corrected chi connectivity index (χ3v) is 5.96. The Balaban J connectivity index is 1.94. The van der Waals surface area contributed by atoms with Crippen LogP contribution in [0.1, 0.15) is 41.5 Å². The van der Waals surface area contributed by atoms with Gasteiger partial charge in [-0.25, -0.2) is 23.9 Å². The van der Waals surface area contributed by atoms with Gasteiger partial charge in [-0.05, 0) is 65.3 Å². The van der Waals surface area contributed by atoms with Crippen molar-refractivity contribution in [2.45, 2.75) is 52.7 Å². The highest BCUT2D eigenvalue weighted by molar-refractivity contribution is 7.23. The number of benzene rings is 1. The fraction of sp³-hybridized carbons (Fsp3) is 0.360. The number of imide groups is 1. The van der Waals surface area contributed by atoms with Gasteiger partial charge in [0.1, 0.15) is 22.5 Å². The molecule has 10 heteroatoms. The molecule has 0 fully saturated rings. The minimum Gasteiger partial charge on any atom is -0.443 e. The van der Waals surface area contributed by atoms with Crippen LogP contribution in [-0.2, 0) is 16.5 Å². The van der Waals surface area contributed by atoms with Gasteiger partial charge in [0.2, 0.25) is 0 Å². The van der Waals surface area contributed by atoms with Crippen molar-refractivity contribution in [3.63, 3.8) is 0 Å². The number of imidazole rings is 1. The second-order valence-corrected chi connectivity index (χ2v) is 11.2. The van der Waals surface area contributed by atoms with E-state index in [9.17, 15) is 14.0 Å². The van der Waals surface area contributed by atoms with E-state index in [1.165, 1.54) is 23.5 Å². The molecule has 0 aliphatic heterocycles. The Morgan fingerprint density at radius 3 is 2.23 bits per heavy atom. The van der Waals surface area contributed by atoms with E-state index in [4.69, 9.17) is 9.47 Å². The lowest BCUT2D eigenvalue weighted by molar-refractivity contribution is 0.0429. The third-order valence-electron chi connectivity index (χ3n) is 4.78. The van der Waals surface area contributed by atoms with Crippen LogP contribution in [0.3, 0.4) is 0 Å². The summed E-state index contributed by atoms with van der Waals surface area (Å²) in [5.41, 5.74) is 0.507. The summed E-state index contributed by atoms with van der Waals surface area (Å²) in [6, 6.07) is 8.07. The Morgan fingerprint density at radius 2 is 1.66 bits per heavy atom. The lowest BCUT2D eigenvalue weighted by Gasteiger charge is -2.28. The zero-order valence-electron chi connectivity index (χ0n) is 20.7. The van der Waals surface area contributed by atoms with E-state index in [2.05, 4.69) is 9.97 Å². The highest BCUT2D eigenvalue weighted by atomic mass is 32.1. The Kier molecular flexibility index (Phi) is 6.04. The average Bonchev–Trinajstić information content (AvgIpc) is 3.29. The van der Waals surface area contributed by atoms with Crippen LogP contribution in [-0.4, -0.2) is 37.9 Å². The molecule has 35 heavy (non-hydrogen) atoms. The van der Waals surface area contributed by atoms with Crippen LogP contribution < -0.4 is 4.90 Å². The summed E-state index contributed by atoms with van der Waals surface area (Å²) in [4.78, 5) is 37.1. The number of aryl methyl sites for hydroxylation is 1. The first-order valence-corrected chi connectivity index (χ1v) is 11.8. The van der Waals surface area contributed by atoms with Crippen molar-refractivity contribution in [2.75, 3.05) is 4.90 Å². The largest absolute Gasteiger partial charge is 0.443 e. The monoisotopic (exact) mass is 498 g/mol.